The van der Waals surface area contributed by atoms with Crippen LogP contribution < -0.4 is 5.32 Å². The maximum Gasteiger partial charge on any atom is 0.416 e. The monoisotopic (exact) mass is 527 g/mol. The van der Waals surface area contributed by atoms with Crippen molar-refractivity contribution in [1.82, 2.24) is 18.9 Å². The summed E-state index contributed by atoms with van der Waals surface area (Å²) >= 11 is 0. The molecule has 5 aromatic rings. The van der Waals surface area contributed by atoms with Crippen LogP contribution in [0.1, 0.15) is 49.7 Å². The van der Waals surface area contributed by atoms with Crippen LogP contribution in [0.2, 0.25) is 0 Å². The summed E-state index contributed by atoms with van der Waals surface area (Å²) in [5.41, 5.74) is 4.12. The Kier molecular flexibility index (Phi) is 6.71. The van der Waals surface area contributed by atoms with Crippen LogP contribution in [0, 0.1) is 32.6 Å². The minimum absolute atomic E-state index is 0.00977. The Hall–Kier alpha value is -4.84. The molecule has 1 amide bonds. The average Bonchev–Trinajstić information content (AvgIpc) is 3.45. The molecular weight excluding hydrogens is 503 g/mol. The highest BCUT2D eigenvalue weighted by molar-refractivity contribution is 6.04. The molecule has 0 unspecified atom stereocenters. The minimum atomic E-state index is -4.59. The fourth-order valence-electron chi connectivity index (χ4n) is 4.30. The number of imidazole rings is 2. The van der Waals surface area contributed by atoms with Crippen LogP contribution in [0.25, 0.3) is 5.65 Å². The molecule has 0 bridgehead atoms. The maximum absolute atomic E-state index is 13.9. The summed E-state index contributed by atoms with van der Waals surface area (Å²) in [7, 11) is 0. The predicted octanol–water partition coefficient (Wildman–Crippen LogP) is 6.18. The number of nitrogens with zero attached hydrogens (tertiary/aromatic N) is 4. The van der Waals surface area contributed by atoms with Gasteiger partial charge in [0.2, 0.25) is 0 Å². The molecule has 0 saturated heterocycles. The quantitative estimate of drug-likeness (QED) is 0.284. The van der Waals surface area contributed by atoms with Crippen molar-refractivity contribution in [2.45, 2.75) is 33.5 Å². The van der Waals surface area contributed by atoms with Crippen molar-refractivity contribution in [3.8, 4) is 11.8 Å². The first kappa shape index (κ1) is 25.8. The van der Waals surface area contributed by atoms with Gasteiger partial charge in [0.1, 0.15) is 11.3 Å². The van der Waals surface area contributed by atoms with Gasteiger partial charge in [-0.25, -0.2) is 9.97 Å². The molecule has 0 fully saturated rings. The SMILES string of the molecule is Cc1cn(Cc2ccc(NC(=O)c3ccc(C)c(C#Cc4c(C)nc5ccccn45)c3)cc2C(F)(F)F)cn1. The summed E-state index contributed by atoms with van der Waals surface area (Å²) in [4.78, 5) is 21.6. The second-order valence-corrected chi connectivity index (χ2v) is 9.27. The zero-order valence-corrected chi connectivity index (χ0v) is 21.5. The number of hydrogen-bond donors (Lipinski definition) is 1. The summed E-state index contributed by atoms with van der Waals surface area (Å²) in [6.07, 6.45) is 0.450. The molecule has 0 aliphatic heterocycles. The van der Waals surface area contributed by atoms with Gasteiger partial charge >= 0.3 is 6.18 Å². The largest absolute Gasteiger partial charge is 0.416 e. The highest BCUT2D eigenvalue weighted by Gasteiger charge is 2.33. The fraction of sp³-hybridized carbons (Fsp3) is 0.167. The fourth-order valence-corrected chi connectivity index (χ4v) is 4.30. The molecule has 3 heterocycles. The molecular formula is C30H24F3N5O. The van der Waals surface area contributed by atoms with Gasteiger partial charge in [-0.2, -0.15) is 13.2 Å². The van der Waals surface area contributed by atoms with Gasteiger partial charge in [-0.1, -0.05) is 24.1 Å². The van der Waals surface area contributed by atoms with Gasteiger partial charge in [-0.15, -0.1) is 0 Å². The Bertz CT molecular complexity index is 1770. The van der Waals surface area contributed by atoms with E-state index in [2.05, 4.69) is 27.1 Å². The lowest BCUT2D eigenvalue weighted by Crippen LogP contribution is -2.15. The molecule has 0 spiro atoms. The third-order valence-electron chi connectivity index (χ3n) is 6.31. The molecule has 2 aromatic carbocycles. The van der Waals surface area contributed by atoms with Crippen molar-refractivity contribution < 1.29 is 18.0 Å². The van der Waals surface area contributed by atoms with E-state index in [9.17, 15) is 18.0 Å². The molecule has 1 N–H and O–H groups in total. The zero-order chi connectivity index (χ0) is 27.7. The van der Waals surface area contributed by atoms with Crippen molar-refractivity contribution in [3.63, 3.8) is 0 Å². The normalized spacial score (nSPS) is 11.3. The molecule has 5 rings (SSSR count). The Morgan fingerprint density at radius 1 is 1.03 bits per heavy atom. The van der Waals surface area contributed by atoms with Crippen molar-refractivity contribution in [1.29, 1.82) is 0 Å². The molecule has 0 radical (unpaired) electrons. The van der Waals surface area contributed by atoms with Crippen LogP contribution in [-0.4, -0.2) is 24.8 Å². The smallest absolute Gasteiger partial charge is 0.333 e. The van der Waals surface area contributed by atoms with Gasteiger partial charge in [0.15, 0.2) is 0 Å². The highest BCUT2D eigenvalue weighted by atomic mass is 19.4. The van der Waals surface area contributed by atoms with Gasteiger partial charge in [-0.05, 0) is 74.2 Å². The van der Waals surface area contributed by atoms with Gasteiger partial charge < -0.3 is 9.88 Å². The molecule has 6 nitrogen and oxygen atoms in total. The molecule has 9 heteroatoms. The van der Waals surface area contributed by atoms with Gasteiger partial charge in [0, 0.05) is 35.8 Å². The summed E-state index contributed by atoms with van der Waals surface area (Å²) in [5, 5.41) is 2.60. The summed E-state index contributed by atoms with van der Waals surface area (Å²) in [6, 6.07) is 14.5. The second kappa shape index (κ2) is 10.1. The number of hydrogen-bond acceptors (Lipinski definition) is 3. The molecule has 196 valence electrons. The summed E-state index contributed by atoms with van der Waals surface area (Å²) in [5.74, 6) is 5.74. The minimum Gasteiger partial charge on any atom is -0.333 e. The van der Waals surface area contributed by atoms with Gasteiger partial charge in [0.25, 0.3) is 5.91 Å². The van der Waals surface area contributed by atoms with Crippen molar-refractivity contribution >= 4 is 17.2 Å². The number of halogens is 3. The maximum atomic E-state index is 13.9. The van der Waals surface area contributed by atoms with Gasteiger partial charge in [-0.3, -0.25) is 9.20 Å². The number of alkyl halides is 3. The number of carbonyl (C=O) groups excluding carboxylic acids is 1. The summed E-state index contributed by atoms with van der Waals surface area (Å²) < 4.78 is 45.1. The second-order valence-electron chi connectivity index (χ2n) is 9.27. The first-order valence-corrected chi connectivity index (χ1v) is 12.1. The number of rotatable bonds is 4. The Morgan fingerprint density at radius 2 is 1.85 bits per heavy atom. The molecule has 0 saturated carbocycles. The molecule has 3 aromatic heterocycles. The number of aryl methyl sites for hydroxylation is 3. The van der Waals surface area contributed by atoms with Crippen LogP contribution in [0.15, 0.2) is 73.3 Å². The Morgan fingerprint density at radius 3 is 2.59 bits per heavy atom. The number of fused-ring (bicyclic) bond motifs is 1. The van der Waals surface area contributed by atoms with Crippen LogP contribution in [0.3, 0.4) is 0 Å². The van der Waals surface area contributed by atoms with Crippen LogP contribution >= 0.6 is 0 Å². The molecule has 39 heavy (non-hydrogen) atoms. The van der Waals surface area contributed by atoms with Crippen LogP contribution in [-0.2, 0) is 12.7 Å². The van der Waals surface area contributed by atoms with E-state index in [4.69, 9.17) is 0 Å². The average molecular weight is 528 g/mol. The van der Waals surface area contributed by atoms with Crippen LogP contribution in [0.5, 0.6) is 0 Å². The lowest BCUT2D eigenvalue weighted by atomic mass is 10.0. The number of benzene rings is 2. The van der Waals surface area contributed by atoms with E-state index in [-0.39, 0.29) is 23.4 Å². The molecule has 0 aliphatic rings. The Labute approximate surface area is 223 Å². The zero-order valence-electron chi connectivity index (χ0n) is 21.5. The van der Waals surface area contributed by atoms with E-state index in [1.807, 2.05) is 42.6 Å². The lowest BCUT2D eigenvalue weighted by molar-refractivity contribution is -0.138. The number of carbonyl (C=O) groups is 1. The van der Waals surface area contributed by atoms with E-state index in [1.54, 1.807) is 35.9 Å². The van der Waals surface area contributed by atoms with Crippen LogP contribution in [0.4, 0.5) is 18.9 Å². The third-order valence-corrected chi connectivity index (χ3v) is 6.31. The van der Waals surface area contributed by atoms with Crippen molar-refractivity contribution in [3.05, 3.63) is 118 Å². The topological polar surface area (TPSA) is 64.2 Å². The highest BCUT2D eigenvalue weighted by Crippen LogP contribution is 2.34. The molecule has 0 aliphatic carbocycles. The predicted molar refractivity (Wildman–Crippen MR) is 143 cm³/mol. The van der Waals surface area contributed by atoms with E-state index in [0.717, 1.165) is 28.7 Å². The van der Waals surface area contributed by atoms with E-state index in [1.165, 1.54) is 18.5 Å². The first-order chi connectivity index (χ1) is 18.6. The summed E-state index contributed by atoms with van der Waals surface area (Å²) in [6.45, 7) is 5.53. The number of amides is 1. The molecule has 0 atom stereocenters. The standard InChI is InChI=1S/C30H24F3N5O/c1-19-7-8-23(14-22(19)10-12-27-21(3)35-28-6-4-5-13-38(27)28)29(39)36-25-11-9-24(26(15-25)30(31,32)33)17-37-16-20(2)34-18-37/h4-9,11,13-16,18H,17H2,1-3H3,(H,36,39). The van der Waals surface area contributed by atoms with Gasteiger partial charge in [0.05, 0.1) is 23.3 Å². The van der Waals surface area contributed by atoms with E-state index < -0.39 is 17.6 Å². The van der Waals surface area contributed by atoms with E-state index >= 15 is 0 Å². The third kappa shape index (κ3) is 5.55. The van der Waals surface area contributed by atoms with Crippen molar-refractivity contribution in [2.24, 2.45) is 0 Å². The first-order valence-electron chi connectivity index (χ1n) is 12.1. The lowest BCUT2D eigenvalue weighted by Gasteiger charge is -2.15. The number of anilines is 1. The number of aromatic nitrogens is 4. The number of pyridine rings is 1. The Balaban J connectivity index is 1.40. The number of nitrogens with one attached hydrogen (secondary N) is 1. The van der Waals surface area contributed by atoms with E-state index in [0.29, 0.717) is 11.3 Å². The van der Waals surface area contributed by atoms with Crippen molar-refractivity contribution in [2.75, 3.05) is 5.32 Å².